The number of rotatable bonds is 45. The highest BCUT2D eigenvalue weighted by atomic mass is 31.2. The fraction of sp³-hybridized carbons (Fsp3) is 0.792. The zero-order valence-electron chi connectivity index (χ0n) is 39.7. The second-order valence-electron chi connectivity index (χ2n) is 17.1. The van der Waals surface area contributed by atoms with Crippen LogP contribution in [0.25, 0.3) is 0 Å². The minimum absolute atomic E-state index is 0.0963. The molecule has 0 fully saturated rings. The summed E-state index contributed by atoms with van der Waals surface area (Å²) in [5.74, 6) is -0.411. The maximum atomic E-state index is 12.7. The van der Waals surface area contributed by atoms with E-state index >= 15 is 0 Å². The molecular formula is C48H88O14P2. The molecule has 0 spiro atoms. The molecule has 0 saturated heterocycles. The number of phosphoric ester groups is 2. The van der Waals surface area contributed by atoms with Gasteiger partial charge in [0, 0.05) is 12.8 Å². The number of carbonyl (C=O) groups is 2. The Morgan fingerprint density at radius 1 is 0.547 bits per heavy atom. The molecule has 5 N–H and O–H groups in total. The summed E-state index contributed by atoms with van der Waals surface area (Å²) in [5, 5.41) is 20.1. The molecule has 0 aliphatic carbocycles. The van der Waals surface area contributed by atoms with Crippen LogP contribution in [0.5, 0.6) is 0 Å². The summed E-state index contributed by atoms with van der Waals surface area (Å²) in [6.07, 6.45) is 39.9. The Balaban J connectivity index is 4.60. The first kappa shape index (κ1) is 62.0. The Labute approximate surface area is 386 Å². The highest BCUT2D eigenvalue weighted by Crippen LogP contribution is 2.43. The zero-order valence-corrected chi connectivity index (χ0v) is 41.4. The lowest BCUT2D eigenvalue weighted by Gasteiger charge is -2.20. The molecule has 0 saturated carbocycles. The van der Waals surface area contributed by atoms with E-state index in [1.54, 1.807) is 12.2 Å². The van der Waals surface area contributed by atoms with Crippen molar-refractivity contribution in [3.05, 3.63) is 48.6 Å². The second kappa shape index (κ2) is 42.4. The van der Waals surface area contributed by atoms with Crippen molar-refractivity contribution in [2.75, 3.05) is 26.4 Å². The Morgan fingerprint density at radius 2 is 1.06 bits per heavy atom. The number of esters is 2. The minimum Gasteiger partial charge on any atom is -0.462 e. The highest BCUT2D eigenvalue weighted by Gasteiger charge is 2.28. The van der Waals surface area contributed by atoms with Crippen molar-refractivity contribution in [3.8, 4) is 0 Å². The van der Waals surface area contributed by atoms with Crippen LogP contribution in [0, 0.1) is 5.92 Å². The van der Waals surface area contributed by atoms with Crippen molar-refractivity contribution in [2.45, 2.75) is 212 Å². The van der Waals surface area contributed by atoms with E-state index in [0.29, 0.717) is 6.42 Å². The summed E-state index contributed by atoms with van der Waals surface area (Å²) in [6, 6.07) is 0. The molecule has 0 aliphatic heterocycles. The lowest BCUT2D eigenvalue weighted by molar-refractivity contribution is -0.161. The third kappa shape index (κ3) is 46.6. The first-order valence-electron chi connectivity index (χ1n) is 24.3. The Hall–Kier alpha value is -1.96. The number of hydrogen-bond acceptors (Lipinski definition) is 11. The van der Waals surface area contributed by atoms with E-state index in [9.17, 15) is 33.8 Å². The number of phosphoric acid groups is 2. The predicted octanol–water partition coefficient (Wildman–Crippen LogP) is 11.8. The topological polar surface area (TPSA) is 216 Å². The molecule has 16 heteroatoms. The molecule has 0 aromatic rings. The van der Waals surface area contributed by atoms with Gasteiger partial charge in [-0.1, -0.05) is 185 Å². The van der Waals surface area contributed by atoms with Gasteiger partial charge in [-0.25, -0.2) is 9.13 Å². The fourth-order valence-corrected chi connectivity index (χ4v) is 7.67. The Bertz CT molecular complexity index is 1350. The van der Waals surface area contributed by atoms with Crippen LogP contribution in [-0.4, -0.2) is 81.6 Å². The van der Waals surface area contributed by atoms with Crippen LogP contribution in [0.15, 0.2) is 48.6 Å². The Kier molecular flexibility index (Phi) is 41.1. The average Bonchev–Trinajstić information content (AvgIpc) is 3.24. The van der Waals surface area contributed by atoms with Crippen molar-refractivity contribution < 1.29 is 66.7 Å². The van der Waals surface area contributed by atoms with Gasteiger partial charge < -0.3 is 34.4 Å². The number of aliphatic hydroxyl groups is 2. The van der Waals surface area contributed by atoms with E-state index in [0.717, 1.165) is 44.4 Å². The third-order valence-corrected chi connectivity index (χ3v) is 11.7. The van der Waals surface area contributed by atoms with Crippen molar-refractivity contribution in [1.82, 2.24) is 0 Å². The molecule has 14 nitrogen and oxygen atoms in total. The van der Waals surface area contributed by atoms with Crippen LogP contribution in [0.1, 0.15) is 194 Å². The zero-order chi connectivity index (χ0) is 47.6. The quantitative estimate of drug-likeness (QED) is 0.0126. The summed E-state index contributed by atoms with van der Waals surface area (Å²) in [6.45, 7) is 3.87. The lowest BCUT2D eigenvalue weighted by Crippen LogP contribution is -2.30. The monoisotopic (exact) mass is 951 g/mol. The average molecular weight is 951 g/mol. The van der Waals surface area contributed by atoms with Crippen molar-refractivity contribution in [3.63, 3.8) is 0 Å². The summed E-state index contributed by atoms with van der Waals surface area (Å²) in [5.41, 5.74) is 0. The number of ether oxygens (including phenoxy) is 2. The summed E-state index contributed by atoms with van der Waals surface area (Å²) in [4.78, 5) is 52.9. The van der Waals surface area contributed by atoms with Gasteiger partial charge in [0.1, 0.15) is 12.7 Å². The first-order chi connectivity index (χ1) is 30.6. The van der Waals surface area contributed by atoms with Gasteiger partial charge >= 0.3 is 27.6 Å². The van der Waals surface area contributed by atoms with E-state index < -0.39 is 72.3 Å². The maximum Gasteiger partial charge on any atom is 0.472 e. The summed E-state index contributed by atoms with van der Waals surface area (Å²) in [7, 11) is -9.75. The molecule has 0 aliphatic rings. The summed E-state index contributed by atoms with van der Waals surface area (Å²) >= 11 is 0. The number of aliphatic hydroxyl groups excluding tert-OH is 2. The number of unbranched alkanes of at least 4 members (excludes halogenated alkanes) is 18. The van der Waals surface area contributed by atoms with Gasteiger partial charge in [-0.2, -0.15) is 0 Å². The van der Waals surface area contributed by atoms with E-state index in [1.165, 1.54) is 103 Å². The third-order valence-electron chi connectivity index (χ3n) is 10.2. The number of allylic oxidation sites excluding steroid dienone is 7. The van der Waals surface area contributed by atoms with Crippen LogP contribution in [-0.2, 0) is 41.8 Å². The van der Waals surface area contributed by atoms with Gasteiger partial charge in [0.2, 0.25) is 0 Å². The molecule has 0 amide bonds. The highest BCUT2D eigenvalue weighted by molar-refractivity contribution is 7.47. The molecule has 0 heterocycles. The molecule has 0 aromatic heterocycles. The van der Waals surface area contributed by atoms with E-state index in [1.807, 2.05) is 12.2 Å². The van der Waals surface area contributed by atoms with Crippen LogP contribution >= 0.6 is 15.6 Å². The van der Waals surface area contributed by atoms with Gasteiger partial charge in [-0.05, 0) is 50.9 Å². The van der Waals surface area contributed by atoms with Crippen LogP contribution in [0.2, 0.25) is 0 Å². The van der Waals surface area contributed by atoms with Crippen LogP contribution < -0.4 is 0 Å². The van der Waals surface area contributed by atoms with Crippen molar-refractivity contribution in [1.29, 1.82) is 0 Å². The van der Waals surface area contributed by atoms with Gasteiger partial charge in [-0.3, -0.25) is 23.2 Å². The molecule has 0 bridgehead atoms. The van der Waals surface area contributed by atoms with Crippen LogP contribution in [0.3, 0.4) is 0 Å². The molecule has 0 radical (unpaired) electrons. The first-order valence-corrected chi connectivity index (χ1v) is 27.3. The molecule has 374 valence electrons. The standard InChI is InChI=1S/C48H88O14P2/c1-4-5-6-7-8-9-10-15-19-22-25-28-31-35-44(49)36-33-38-48(52)62-46(42-61-64(56,57)60-40-45(50)39-59-63(53,54)55)41-58-47(51)37-32-29-26-23-20-17-14-12-11-13-16-18-21-24-27-30-34-43(2)3/h8-9,15,19,25,28,31,35,43-46,49-50H,4-7,10-14,16-18,20-24,26-27,29-30,32-34,36-42H2,1-3H3,(H,56,57)(H2,53,54,55)/b9-8-,19-15-,28-25-,35-31+/t44-,45-,46+/m0/s1. The normalized spacial score (nSPS) is 14.9. The predicted molar refractivity (Wildman–Crippen MR) is 254 cm³/mol. The van der Waals surface area contributed by atoms with E-state index in [-0.39, 0.29) is 25.7 Å². The molecular weight excluding hydrogens is 862 g/mol. The largest absolute Gasteiger partial charge is 0.472 e. The van der Waals surface area contributed by atoms with E-state index in [4.69, 9.17) is 23.8 Å². The Morgan fingerprint density at radius 3 is 1.64 bits per heavy atom. The van der Waals surface area contributed by atoms with Gasteiger partial charge in [0.15, 0.2) is 6.10 Å². The molecule has 1 unspecified atom stereocenters. The molecule has 4 atom stereocenters. The SMILES string of the molecule is CCCCC/C=C\C/C=C\C/C=C\C=C\[C@H](O)CCCC(=O)O[C@H](COC(=O)CCCCCCCCCCCCCCCCCCC(C)C)COP(=O)(O)OC[C@@H](O)COP(=O)(O)O. The maximum absolute atomic E-state index is 12.7. The van der Waals surface area contributed by atoms with Gasteiger partial charge in [0.05, 0.1) is 25.9 Å². The smallest absolute Gasteiger partial charge is 0.462 e. The lowest BCUT2D eigenvalue weighted by atomic mass is 10.0. The minimum atomic E-state index is -4.89. The van der Waals surface area contributed by atoms with Gasteiger partial charge in [-0.15, -0.1) is 0 Å². The molecule has 0 rings (SSSR count). The van der Waals surface area contributed by atoms with E-state index in [2.05, 4.69) is 54.1 Å². The molecule has 0 aromatic carbocycles. The molecule has 64 heavy (non-hydrogen) atoms. The van der Waals surface area contributed by atoms with Crippen molar-refractivity contribution >= 4 is 27.6 Å². The van der Waals surface area contributed by atoms with Crippen LogP contribution in [0.4, 0.5) is 0 Å². The fourth-order valence-electron chi connectivity index (χ4n) is 6.52. The number of hydrogen-bond donors (Lipinski definition) is 5. The summed E-state index contributed by atoms with van der Waals surface area (Å²) < 4.78 is 47.7. The van der Waals surface area contributed by atoms with Gasteiger partial charge in [0.25, 0.3) is 0 Å². The number of carbonyl (C=O) groups excluding carboxylic acids is 2. The van der Waals surface area contributed by atoms with Crippen molar-refractivity contribution in [2.24, 2.45) is 5.92 Å². The second-order valence-corrected chi connectivity index (χ2v) is 19.8.